The fourth-order valence-electron chi connectivity index (χ4n) is 2.34. The molecule has 0 fully saturated rings. The van der Waals surface area contributed by atoms with Crippen LogP contribution in [0.4, 0.5) is 10.1 Å². The number of rotatable bonds is 6. The summed E-state index contributed by atoms with van der Waals surface area (Å²) in [6.45, 7) is 3.83. The second kappa shape index (κ2) is 8.14. The number of aromatic amines is 1. The van der Waals surface area contributed by atoms with Crippen molar-refractivity contribution in [3.05, 3.63) is 59.9 Å². The summed E-state index contributed by atoms with van der Waals surface area (Å²) in [7, 11) is 0. The van der Waals surface area contributed by atoms with E-state index in [-0.39, 0.29) is 11.6 Å². The van der Waals surface area contributed by atoms with Gasteiger partial charge in [-0.25, -0.2) is 9.37 Å². The molecule has 0 bridgehead atoms. The number of hydrogen-bond donors (Lipinski definition) is 2. The Labute approximate surface area is 155 Å². The number of carbonyl (C=O) groups is 1. The molecule has 1 atom stereocenters. The summed E-state index contributed by atoms with van der Waals surface area (Å²) in [6, 6.07) is 14.1. The first-order chi connectivity index (χ1) is 12.6. The number of amides is 1. The highest BCUT2D eigenvalue weighted by Crippen LogP contribution is 2.24. The van der Waals surface area contributed by atoms with Crippen molar-refractivity contribution < 1.29 is 9.18 Å². The van der Waals surface area contributed by atoms with Crippen molar-refractivity contribution in [3.63, 3.8) is 0 Å². The third kappa shape index (κ3) is 4.29. The van der Waals surface area contributed by atoms with Crippen LogP contribution >= 0.6 is 11.8 Å². The first-order valence-corrected chi connectivity index (χ1v) is 9.18. The van der Waals surface area contributed by atoms with E-state index < -0.39 is 11.1 Å². The molecule has 134 valence electrons. The minimum Gasteiger partial charge on any atom is -0.323 e. The lowest BCUT2D eigenvalue weighted by Crippen LogP contribution is -2.23. The highest BCUT2D eigenvalue weighted by atomic mass is 32.2. The van der Waals surface area contributed by atoms with Gasteiger partial charge in [0.25, 0.3) is 0 Å². The van der Waals surface area contributed by atoms with Gasteiger partial charge in [-0.2, -0.15) is 0 Å². The van der Waals surface area contributed by atoms with Crippen molar-refractivity contribution >= 4 is 23.4 Å². The molecule has 7 heteroatoms. The molecule has 1 heterocycles. The van der Waals surface area contributed by atoms with Crippen molar-refractivity contribution in [1.29, 1.82) is 0 Å². The number of nitrogens with one attached hydrogen (secondary N) is 2. The van der Waals surface area contributed by atoms with Crippen LogP contribution < -0.4 is 5.32 Å². The number of anilines is 1. The minimum absolute atomic E-state index is 0.164. The van der Waals surface area contributed by atoms with E-state index in [0.29, 0.717) is 11.0 Å². The number of benzene rings is 2. The SMILES string of the molecule is CCc1ccc(-c2nc(S[C@H](C)C(=O)Nc3ccccc3F)n[nH]2)cc1. The maximum atomic E-state index is 13.6. The lowest BCUT2D eigenvalue weighted by molar-refractivity contribution is -0.115. The molecule has 0 radical (unpaired) electrons. The van der Waals surface area contributed by atoms with Crippen LogP contribution in [0, 0.1) is 5.82 Å². The summed E-state index contributed by atoms with van der Waals surface area (Å²) in [4.78, 5) is 16.7. The van der Waals surface area contributed by atoms with Crippen LogP contribution in [0.5, 0.6) is 0 Å². The Kier molecular flexibility index (Phi) is 5.68. The Morgan fingerprint density at radius 3 is 2.65 bits per heavy atom. The van der Waals surface area contributed by atoms with Crippen LogP contribution in [0.15, 0.2) is 53.7 Å². The lowest BCUT2D eigenvalue weighted by atomic mass is 10.1. The number of aromatic nitrogens is 3. The Morgan fingerprint density at radius 1 is 1.23 bits per heavy atom. The van der Waals surface area contributed by atoms with Gasteiger partial charge in [-0.3, -0.25) is 9.89 Å². The fraction of sp³-hybridized carbons (Fsp3) is 0.211. The number of halogens is 1. The number of aryl methyl sites for hydroxylation is 1. The maximum Gasteiger partial charge on any atom is 0.237 e. The van der Waals surface area contributed by atoms with E-state index in [9.17, 15) is 9.18 Å². The molecule has 0 saturated carbocycles. The van der Waals surface area contributed by atoms with Crippen LogP contribution in [-0.2, 0) is 11.2 Å². The van der Waals surface area contributed by atoms with Crippen LogP contribution in [0.1, 0.15) is 19.4 Å². The molecule has 0 aliphatic carbocycles. The molecule has 0 spiro atoms. The van der Waals surface area contributed by atoms with Gasteiger partial charge in [0.05, 0.1) is 10.9 Å². The van der Waals surface area contributed by atoms with Crippen molar-refractivity contribution in [3.8, 4) is 11.4 Å². The highest BCUT2D eigenvalue weighted by molar-refractivity contribution is 8.00. The van der Waals surface area contributed by atoms with Gasteiger partial charge >= 0.3 is 0 Å². The predicted octanol–water partition coefficient (Wildman–Crippen LogP) is 4.29. The molecule has 3 rings (SSSR count). The Balaban J connectivity index is 1.64. The zero-order valence-corrected chi connectivity index (χ0v) is 15.3. The molecule has 2 aromatic carbocycles. The van der Waals surface area contributed by atoms with Crippen molar-refractivity contribution in [2.75, 3.05) is 5.32 Å². The second-order valence-electron chi connectivity index (χ2n) is 5.75. The molecule has 0 aliphatic rings. The quantitative estimate of drug-likeness (QED) is 0.635. The topological polar surface area (TPSA) is 70.7 Å². The molecular formula is C19H19FN4OS. The largest absolute Gasteiger partial charge is 0.323 e. The molecule has 1 amide bonds. The molecule has 0 aliphatic heterocycles. The van der Waals surface area contributed by atoms with Gasteiger partial charge in [-0.15, -0.1) is 5.10 Å². The Hall–Kier alpha value is -2.67. The van der Waals surface area contributed by atoms with E-state index in [1.54, 1.807) is 19.1 Å². The number of thioether (sulfide) groups is 1. The molecule has 0 saturated heterocycles. The van der Waals surface area contributed by atoms with E-state index in [0.717, 1.165) is 12.0 Å². The summed E-state index contributed by atoms with van der Waals surface area (Å²) in [5.74, 6) is -0.121. The molecule has 3 aromatic rings. The normalized spacial score (nSPS) is 12.0. The fourth-order valence-corrected chi connectivity index (χ4v) is 3.06. The predicted molar refractivity (Wildman–Crippen MR) is 102 cm³/mol. The van der Waals surface area contributed by atoms with Crippen molar-refractivity contribution in [2.24, 2.45) is 0 Å². The molecule has 5 nitrogen and oxygen atoms in total. The summed E-state index contributed by atoms with van der Waals surface area (Å²) in [5, 5.41) is 9.62. The third-order valence-electron chi connectivity index (χ3n) is 3.88. The van der Waals surface area contributed by atoms with E-state index in [2.05, 4.69) is 39.6 Å². The smallest absolute Gasteiger partial charge is 0.237 e. The second-order valence-corrected chi connectivity index (χ2v) is 7.05. The van der Waals surface area contributed by atoms with Crippen LogP contribution in [0.25, 0.3) is 11.4 Å². The molecule has 26 heavy (non-hydrogen) atoms. The van der Waals surface area contributed by atoms with E-state index >= 15 is 0 Å². The van der Waals surface area contributed by atoms with E-state index in [4.69, 9.17) is 0 Å². The summed E-state index contributed by atoms with van der Waals surface area (Å²) < 4.78 is 13.6. The van der Waals surface area contributed by atoms with Crippen molar-refractivity contribution in [2.45, 2.75) is 30.7 Å². The monoisotopic (exact) mass is 370 g/mol. The van der Waals surface area contributed by atoms with Gasteiger partial charge in [0.15, 0.2) is 5.82 Å². The Morgan fingerprint density at radius 2 is 1.96 bits per heavy atom. The molecule has 2 N–H and O–H groups in total. The lowest BCUT2D eigenvalue weighted by Gasteiger charge is -2.10. The van der Waals surface area contributed by atoms with Gasteiger partial charge < -0.3 is 5.32 Å². The summed E-state index contributed by atoms with van der Waals surface area (Å²) >= 11 is 1.21. The third-order valence-corrected chi connectivity index (χ3v) is 4.84. The number of nitrogens with zero attached hydrogens (tertiary/aromatic N) is 2. The zero-order valence-electron chi connectivity index (χ0n) is 14.5. The van der Waals surface area contributed by atoms with Gasteiger partial charge in [0.1, 0.15) is 5.82 Å². The number of H-pyrrole nitrogens is 1. The van der Waals surface area contributed by atoms with Gasteiger partial charge in [-0.05, 0) is 31.0 Å². The summed E-state index contributed by atoms with van der Waals surface area (Å²) in [6.07, 6.45) is 0.979. The first-order valence-electron chi connectivity index (χ1n) is 8.30. The summed E-state index contributed by atoms with van der Waals surface area (Å²) in [5.41, 5.74) is 2.35. The highest BCUT2D eigenvalue weighted by Gasteiger charge is 2.18. The standard InChI is InChI=1S/C19H19FN4OS/c1-3-13-8-10-14(11-9-13)17-22-19(24-23-17)26-12(2)18(25)21-16-7-5-4-6-15(16)20/h4-12H,3H2,1-2H3,(H,21,25)(H,22,23,24)/t12-/m1/s1. The number of carbonyl (C=O) groups excluding carboxylic acids is 1. The Bertz CT molecular complexity index is 895. The molecule has 1 aromatic heterocycles. The van der Waals surface area contributed by atoms with Gasteiger partial charge in [-0.1, -0.05) is 55.1 Å². The van der Waals surface area contributed by atoms with Crippen molar-refractivity contribution in [1.82, 2.24) is 15.2 Å². The minimum atomic E-state index is -0.472. The molecular weight excluding hydrogens is 351 g/mol. The first kappa shape index (κ1) is 18.1. The maximum absolute atomic E-state index is 13.6. The average Bonchev–Trinajstić information content (AvgIpc) is 3.12. The van der Waals surface area contributed by atoms with E-state index in [1.165, 1.54) is 29.5 Å². The van der Waals surface area contributed by atoms with Gasteiger partial charge in [0, 0.05) is 5.56 Å². The number of hydrogen-bond acceptors (Lipinski definition) is 4. The van der Waals surface area contributed by atoms with Crippen LogP contribution in [-0.4, -0.2) is 26.3 Å². The van der Waals surface area contributed by atoms with E-state index in [1.807, 2.05) is 12.1 Å². The average molecular weight is 370 g/mol. The van der Waals surface area contributed by atoms with Gasteiger partial charge in [0.2, 0.25) is 11.1 Å². The molecule has 0 unspecified atom stereocenters. The number of para-hydroxylation sites is 1. The van der Waals surface area contributed by atoms with Crippen LogP contribution in [0.2, 0.25) is 0 Å². The zero-order chi connectivity index (χ0) is 18.5. The van der Waals surface area contributed by atoms with Crippen LogP contribution in [0.3, 0.4) is 0 Å².